The minimum Gasteiger partial charge on any atom is -0.480 e. The predicted molar refractivity (Wildman–Crippen MR) is 63.8 cm³/mol. The maximum Gasteiger partial charge on any atom is 0.323 e. The van der Waals surface area contributed by atoms with Crippen molar-refractivity contribution in [1.29, 1.82) is 0 Å². The maximum atomic E-state index is 11.9. The second-order valence-corrected chi connectivity index (χ2v) is 4.40. The topological polar surface area (TPSA) is 116 Å². The third-order valence-corrected chi connectivity index (χ3v) is 3.00. The number of carboxylic acids is 2. The molecule has 0 aliphatic heterocycles. The molecule has 108 valence electrons. The molecule has 1 saturated carbocycles. The Morgan fingerprint density at radius 1 is 1.21 bits per heavy atom. The van der Waals surface area contributed by atoms with Crippen LogP contribution in [-0.4, -0.2) is 65.4 Å². The number of aliphatic carboxylic acids is 2. The number of carbonyl (C=O) groups excluding carboxylic acids is 1. The van der Waals surface area contributed by atoms with Gasteiger partial charge in [0.1, 0.15) is 13.1 Å². The van der Waals surface area contributed by atoms with E-state index >= 15 is 0 Å². The van der Waals surface area contributed by atoms with Gasteiger partial charge in [-0.25, -0.2) is 4.79 Å². The lowest BCUT2D eigenvalue weighted by Crippen LogP contribution is -2.50. The third-order valence-electron chi connectivity index (χ3n) is 3.00. The zero-order valence-electron chi connectivity index (χ0n) is 10.7. The Kier molecular flexibility index (Phi) is 5.56. The zero-order valence-corrected chi connectivity index (χ0v) is 10.7. The number of amides is 2. The first-order valence-electron chi connectivity index (χ1n) is 5.96. The van der Waals surface area contributed by atoms with Crippen molar-refractivity contribution in [2.45, 2.75) is 31.4 Å². The third kappa shape index (κ3) is 4.74. The average Bonchev–Trinajstić information content (AvgIpc) is 2.74. The molecule has 0 spiro atoms. The van der Waals surface area contributed by atoms with Gasteiger partial charge in [-0.1, -0.05) is 0 Å². The van der Waals surface area contributed by atoms with E-state index in [-0.39, 0.29) is 12.1 Å². The van der Waals surface area contributed by atoms with Crippen LogP contribution in [0.3, 0.4) is 0 Å². The summed E-state index contributed by atoms with van der Waals surface area (Å²) in [4.78, 5) is 33.8. The van der Waals surface area contributed by atoms with Gasteiger partial charge in [0.05, 0.1) is 12.1 Å². The van der Waals surface area contributed by atoms with Crippen LogP contribution in [0.4, 0.5) is 4.79 Å². The highest BCUT2D eigenvalue weighted by Crippen LogP contribution is 2.21. The maximum absolute atomic E-state index is 11.9. The van der Waals surface area contributed by atoms with Crippen molar-refractivity contribution in [2.75, 3.05) is 20.2 Å². The highest BCUT2D eigenvalue weighted by Gasteiger charge is 2.30. The molecule has 8 nitrogen and oxygen atoms in total. The zero-order chi connectivity index (χ0) is 14.4. The summed E-state index contributed by atoms with van der Waals surface area (Å²) in [6.07, 6.45) is 2.35. The van der Waals surface area contributed by atoms with E-state index in [1.807, 2.05) is 0 Å². The quantitative estimate of drug-likeness (QED) is 0.614. The molecule has 0 bridgehead atoms. The Labute approximate surface area is 110 Å². The number of hydrogen-bond acceptors (Lipinski definition) is 4. The number of carbonyl (C=O) groups is 3. The normalized spacial score (nSPS) is 21.9. The Hall–Kier alpha value is -1.83. The number of ether oxygens (including phenoxy) is 1. The smallest absolute Gasteiger partial charge is 0.323 e. The Morgan fingerprint density at radius 3 is 2.26 bits per heavy atom. The summed E-state index contributed by atoms with van der Waals surface area (Å²) < 4.78 is 5.20. The van der Waals surface area contributed by atoms with Crippen LogP contribution in [0.2, 0.25) is 0 Å². The van der Waals surface area contributed by atoms with E-state index in [1.165, 1.54) is 0 Å². The van der Waals surface area contributed by atoms with Crippen molar-refractivity contribution in [1.82, 2.24) is 10.2 Å². The molecule has 1 aliphatic carbocycles. The predicted octanol–water partition coefficient (Wildman–Crippen LogP) is -0.265. The molecule has 2 atom stereocenters. The molecule has 8 heteroatoms. The largest absolute Gasteiger partial charge is 0.480 e. The molecule has 0 aromatic rings. The van der Waals surface area contributed by atoms with E-state index in [2.05, 4.69) is 5.32 Å². The molecule has 1 aliphatic rings. The van der Waals surface area contributed by atoms with Gasteiger partial charge in [-0.3, -0.25) is 9.59 Å². The first kappa shape index (κ1) is 15.2. The second-order valence-electron chi connectivity index (χ2n) is 4.40. The van der Waals surface area contributed by atoms with Crippen LogP contribution in [0.1, 0.15) is 19.3 Å². The van der Waals surface area contributed by atoms with Crippen molar-refractivity contribution in [3.8, 4) is 0 Å². The molecule has 1 fully saturated rings. The lowest BCUT2D eigenvalue weighted by Gasteiger charge is -2.24. The molecule has 3 N–H and O–H groups in total. The molecule has 0 heterocycles. The van der Waals surface area contributed by atoms with Gasteiger partial charge >= 0.3 is 18.0 Å². The molecule has 0 aromatic carbocycles. The van der Waals surface area contributed by atoms with Crippen LogP contribution in [0.15, 0.2) is 0 Å². The van der Waals surface area contributed by atoms with Crippen molar-refractivity contribution in [2.24, 2.45) is 0 Å². The summed E-state index contributed by atoms with van der Waals surface area (Å²) in [6, 6.07) is -0.902. The molecular formula is C11H18N2O6. The van der Waals surface area contributed by atoms with E-state index in [9.17, 15) is 14.4 Å². The average molecular weight is 274 g/mol. The monoisotopic (exact) mass is 274 g/mol. The fraction of sp³-hybridized carbons (Fsp3) is 0.727. The second kappa shape index (κ2) is 6.93. The minimum absolute atomic E-state index is 0.111. The van der Waals surface area contributed by atoms with Crippen LogP contribution >= 0.6 is 0 Å². The number of carboxylic acid groups (broad SMARTS) is 2. The van der Waals surface area contributed by atoms with Crippen molar-refractivity contribution in [3.63, 3.8) is 0 Å². The highest BCUT2D eigenvalue weighted by atomic mass is 16.5. The van der Waals surface area contributed by atoms with Crippen LogP contribution in [0.5, 0.6) is 0 Å². The Bertz CT molecular complexity index is 343. The van der Waals surface area contributed by atoms with E-state index in [0.29, 0.717) is 0 Å². The summed E-state index contributed by atoms with van der Waals surface area (Å²) in [5.41, 5.74) is 0. The Morgan fingerprint density at radius 2 is 1.79 bits per heavy atom. The molecule has 2 unspecified atom stereocenters. The number of rotatable bonds is 6. The minimum atomic E-state index is -1.26. The number of methoxy groups -OCH3 is 1. The Balaban J connectivity index is 2.60. The number of nitrogens with zero attached hydrogens (tertiary/aromatic N) is 1. The molecule has 0 saturated heterocycles. The SMILES string of the molecule is COC1CCCC1NC(=O)N(CC(=O)O)CC(=O)O. The fourth-order valence-corrected chi connectivity index (χ4v) is 2.15. The summed E-state index contributed by atoms with van der Waals surface area (Å²) >= 11 is 0. The number of nitrogens with one attached hydrogen (secondary N) is 1. The summed E-state index contributed by atoms with van der Waals surface area (Å²) in [5, 5.41) is 20.0. The van der Waals surface area contributed by atoms with E-state index in [1.54, 1.807) is 7.11 Å². The van der Waals surface area contributed by atoms with Gasteiger partial charge in [0.2, 0.25) is 0 Å². The summed E-state index contributed by atoms with van der Waals surface area (Å²) in [7, 11) is 1.54. The standard InChI is InChI=1S/C11H18N2O6/c1-19-8-4-2-3-7(8)12-11(18)13(5-9(14)15)6-10(16)17/h7-8H,2-6H2,1H3,(H,12,18)(H,14,15)(H,16,17). The van der Waals surface area contributed by atoms with Gasteiger partial charge in [0.15, 0.2) is 0 Å². The van der Waals surface area contributed by atoms with Gasteiger partial charge in [-0.2, -0.15) is 0 Å². The molecular weight excluding hydrogens is 256 g/mol. The van der Waals surface area contributed by atoms with Crippen LogP contribution in [0, 0.1) is 0 Å². The van der Waals surface area contributed by atoms with E-state index < -0.39 is 31.1 Å². The van der Waals surface area contributed by atoms with Crippen molar-refractivity contribution in [3.05, 3.63) is 0 Å². The van der Waals surface area contributed by atoms with E-state index in [4.69, 9.17) is 14.9 Å². The van der Waals surface area contributed by atoms with Crippen molar-refractivity contribution >= 4 is 18.0 Å². The van der Waals surface area contributed by atoms with Crippen LogP contribution in [0.25, 0.3) is 0 Å². The first-order valence-corrected chi connectivity index (χ1v) is 5.96. The van der Waals surface area contributed by atoms with Crippen molar-refractivity contribution < 1.29 is 29.3 Å². The van der Waals surface area contributed by atoms with Gasteiger partial charge in [-0.15, -0.1) is 0 Å². The van der Waals surface area contributed by atoms with E-state index in [0.717, 1.165) is 24.2 Å². The molecule has 0 radical (unpaired) electrons. The molecule has 0 aromatic heterocycles. The molecule has 19 heavy (non-hydrogen) atoms. The van der Waals surface area contributed by atoms with Gasteiger partial charge in [0.25, 0.3) is 0 Å². The first-order chi connectivity index (χ1) is 8.93. The van der Waals surface area contributed by atoms with Gasteiger partial charge < -0.3 is 25.2 Å². The van der Waals surface area contributed by atoms with Crippen LogP contribution in [-0.2, 0) is 14.3 Å². The van der Waals surface area contributed by atoms with Gasteiger partial charge in [0, 0.05) is 7.11 Å². The molecule has 2 amide bonds. The highest BCUT2D eigenvalue weighted by molar-refractivity contribution is 5.84. The van der Waals surface area contributed by atoms with Crippen LogP contribution < -0.4 is 5.32 Å². The lowest BCUT2D eigenvalue weighted by molar-refractivity contribution is -0.140. The summed E-state index contributed by atoms with van der Waals surface area (Å²) in [6.45, 7) is -1.30. The summed E-state index contributed by atoms with van der Waals surface area (Å²) in [5.74, 6) is -2.52. The number of urea groups is 1. The van der Waals surface area contributed by atoms with Gasteiger partial charge in [-0.05, 0) is 19.3 Å². The fourth-order valence-electron chi connectivity index (χ4n) is 2.15. The molecule has 1 rings (SSSR count). The lowest BCUT2D eigenvalue weighted by atomic mass is 10.2. The number of hydrogen-bond donors (Lipinski definition) is 3.